The molecule has 0 saturated carbocycles. The number of aromatic nitrogens is 1. The smallest absolute Gasteiger partial charge is 0.198 e. The van der Waals surface area contributed by atoms with Gasteiger partial charge < -0.3 is 5.73 Å². The van der Waals surface area contributed by atoms with Crippen molar-refractivity contribution in [1.29, 1.82) is 0 Å². The second-order valence-electron chi connectivity index (χ2n) is 3.42. The zero-order chi connectivity index (χ0) is 12.4. The van der Waals surface area contributed by atoms with Crippen molar-refractivity contribution in [3.63, 3.8) is 0 Å². The third-order valence-electron chi connectivity index (χ3n) is 2.28. The topological polar surface area (TPSA) is 56.0 Å². The molecule has 0 aliphatic heterocycles. The summed E-state index contributed by atoms with van der Waals surface area (Å²) < 4.78 is 13.4. The van der Waals surface area contributed by atoms with E-state index in [4.69, 9.17) is 17.3 Å². The summed E-state index contributed by atoms with van der Waals surface area (Å²) in [4.78, 5) is 15.6. The van der Waals surface area contributed by atoms with Gasteiger partial charge in [0.1, 0.15) is 0 Å². The number of hydrogen-bond acceptors (Lipinski definition) is 3. The third-order valence-corrected chi connectivity index (χ3v) is 2.51. The van der Waals surface area contributed by atoms with Gasteiger partial charge in [-0.3, -0.25) is 9.78 Å². The Kier molecular flexibility index (Phi) is 3.06. The predicted molar refractivity (Wildman–Crippen MR) is 63.5 cm³/mol. The first-order valence-electron chi connectivity index (χ1n) is 4.79. The number of ketones is 1. The van der Waals surface area contributed by atoms with E-state index in [9.17, 15) is 9.18 Å². The minimum atomic E-state index is -0.674. The van der Waals surface area contributed by atoms with E-state index in [1.54, 1.807) is 0 Å². The lowest BCUT2D eigenvalue weighted by Crippen LogP contribution is -2.07. The number of nitrogens with zero attached hydrogens (tertiary/aromatic N) is 1. The van der Waals surface area contributed by atoms with Crippen LogP contribution in [0.1, 0.15) is 15.9 Å². The molecule has 0 bridgehead atoms. The molecule has 0 fully saturated rings. The van der Waals surface area contributed by atoms with Crippen LogP contribution in [0.3, 0.4) is 0 Å². The number of benzene rings is 1. The number of nitrogen functional groups attached to an aromatic ring is 1. The molecule has 0 saturated heterocycles. The van der Waals surface area contributed by atoms with E-state index in [-0.39, 0.29) is 16.8 Å². The van der Waals surface area contributed by atoms with E-state index in [2.05, 4.69) is 4.98 Å². The van der Waals surface area contributed by atoms with Gasteiger partial charge in [-0.25, -0.2) is 4.39 Å². The Morgan fingerprint density at radius 3 is 2.71 bits per heavy atom. The highest BCUT2D eigenvalue weighted by Crippen LogP contribution is 2.21. The molecule has 17 heavy (non-hydrogen) atoms. The fourth-order valence-electron chi connectivity index (χ4n) is 1.44. The quantitative estimate of drug-likeness (QED) is 0.659. The van der Waals surface area contributed by atoms with Crippen LogP contribution in [-0.2, 0) is 0 Å². The fourth-order valence-corrected chi connectivity index (χ4v) is 1.63. The van der Waals surface area contributed by atoms with Gasteiger partial charge in [0.05, 0.1) is 11.8 Å². The SMILES string of the molecule is Nc1cc(Cl)ccc1C(=O)c1ccncc1F. The summed E-state index contributed by atoms with van der Waals surface area (Å²) in [5.74, 6) is -1.16. The molecule has 0 aliphatic carbocycles. The van der Waals surface area contributed by atoms with E-state index in [0.29, 0.717) is 5.02 Å². The Labute approximate surface area is 102 Å². The summed E-state index contributed by atoms with van der Waals surface area (Å²) in [5.41, 5.74) is 6.05. The van der Waals surface area contributed by atoms with Crippen LogP contribution in [0.25, 0.3) is 0 Å². The molecule has 2 rings (SSSR count). The Bertz CT molecular complexity index is 586. The van der Waals surface area contributed by atoms with Gasteiger partial charge >= 0.3 is 0 Å². The number of hydrogen-bond donors (Lipinski definition) is 1. The lowest BCUT2D eigenvalue weighted by molar-refractivity contribution is 0.103. The van der Waals surface area contributed by atoms with Gasteiger partial charge in [-0.2, -0.15) is 0 Å². The highest BCUT2D eigenvalue weighted by atomic mass is 35.5. The van der Waals surface area contributed by atoms with Crippen molar-refractivity contribution < 1.29 is 9.18 Å². The first-order valence-corrected chi connectivity index (χ1v) is 5.16. The molecular formula is C12H8ClFN2O. The van der Waals surface area contributed by atoms with Gasteiger partial charge in [-0.1, -0.05) is 11.6 Å². The van der Waals surface area contributed by atoms with E-state index in [1.165, 1.54) is 30.5 Å². The monoisotopic (exact) mass is 250 g/mol. The largest absolute Gasteiger partial charge is 0.398 e. The maximum absolute atomic E-state index is 13.4. The zero-order valence-corrected chi connectivity index (χ0v) is 9.41. The van der Waals surface area contributed by atoms with Crippen molar-refractivity contribution in [1.82, 2.24) is 4.98 Å². The lowest BCUT2D eigenvalue weighted by Gasteiger charge is -2.05. The van der Waals surface area contributed by atoms with Crippen LogP contribution in [0.2, 0.25) is 5.02 Å². The summed E-state index contributed by atoms with van der Waals surface area (Å²) in [6.07, 6.45) is 2.34. The van der Waals surface area contributed by atoms with Crippen molar-refractivity contribution in [2.45, 2.75) is 0 Å². The van der Waals surface area contributed by atoms with Gasteiger partial charge in [-0.15, -0.1) is 0 Å². The number of carbonyl (C=O) groups is 1. The Morgan fingerprint density at radius 1 is 1.29 bits per heavy atom. The summed E-state index contributed by atoms with van der Waals surface area (Å²) in [5, 5.41) is 0.425. The normalized spacial score (nSPS) is 10.2. The fraction of sp³-hybridized carbons (Fsp3) is 0. The molecule has 2 aromatic rings. The van der Waals surface area contributed by atoms with Crippen LogP contribution in [-0.4, -0.2) is 10.8 Å². The van der Waals surface area contributed by atoms with Crippen molar-refractivity contribution in [3.05, 3.63) is 58.6 Å². The zero-order valence-electron chi connectivity index (χ0n) is 8.65. The molecule has 0 unspecified atom stereocenters. The second-order valence-corrected chi connectivity index (χ2v) is 3.85. The maximum Gasteiger partial charge on any atom is 0.198 e. The van der Waals surface area contributed by atoms with Crippen LogP contribution >= 0.6 is 11.6 Å². The summed E-state index contributed by atoms with van der Waals surface area (Å²) in [6, 6.07) is 5.77. The van der Waals surface area contributed by atoms with Crippen LogP contribution in [0, 0.1) is 5.82 Å². The van der Waals surface area contributed by atoms with Gasteiger partial charge in [0.2, 0.25) is 0 Å². The predicted octanol–water partition coefficient (Wildman–Crippen LogP) is 2.69. The lowest BCUT2D eigenvalue weighted by atomic mass is 10.0. The highest BCUT2D eigenvalue weighted by molar-refractivity contribution is 6.31. The number of carbonyl (C=O) groups excluding carboxylic acids is 1. The van der Waals surface area contributed by atoms with Gasteiger partial charge in [-0.05, 0) is 24.3 Å². The first-order chi connectivity index (χ1) is 8.09. The summed E-state index contributed by atoms with van der Waals surface area (Å²) >= 11 is 5.72. The van der Waals surface area contributed by atoms with Gasteiger partial charge in [0.15, 0.2) is 11.6 Å². The number of nitrogens with two attached hydrogens (primary N) is 1. The molecule has 1 aromatic heterocycles. The van der Waals surface area contributed by atoms with Gasteiger partial charge in [0.25, 0.3) is 0 Å². The summed E-state index contributed by atoms with van der Waals surface area (Å²) in [7, 11) is 0. The maximum atomic E-state index is 13.4. The summed E-state index contributed by atoms with van der Waals surface area (Å²) in [6.45, 7) is 0. The Hall–Kier alpha value is -1.94. The average Bonchev–Trinajstić information content (AvgIpc) is 2.29. The van der Waals surface area contributed by atoms with E-state index >= 15 is 0 Å². The molecule has 0 radical (unpaired) electrons. The number of pyridine rings is 1. The molecule has 0 aliphatic rings. The number of halogens is 2. The first kappa shape index (κ1) is 11.5. The Morgan fingerprint density at radius 2 is 2.06 bits per heavy atom. The molecule has 0 amide bonds. The molecular weight excluding hydrogens is 243 g/mol. The van der Waals surface area contributed by atoms with Crippen molar-refractivity contribution in [2.75, 3.05) is 5.73 Å². The molecule has 2 N–H and O–H groups in total. The van der Waals surface area contributed by atoms with E-state index in [1.807, 2.05) is 0 Å². The second kappa shape index (κ2) is 4.51. The number of anilines is 1. The van der Waals surface area contributed by atoms with Crippen molar-refractivity contribution in [3.8, 4) is 0 Å². The van der Waals surface area contributed by atoms with Crippen LogP contribution in [0.5, 0.6) is 0 Å². The molecule has 1 heterocycles. The molecule has 1 aromatic carbocycles. The molecule has 86 valence electrons. The standard InChI is InChI=1S/C12H8ClFN2O/c13-7-1-2-9(11(15)5-7)12(17)8-3-4-16-6-10(8)14/h1-6H,15H2. The van der Waals surface area contributed by atoms with Crippen molar-refractivity contribution >= 4 is 23.1 Å². The van der Waals surface area contributed by atoms with Gasteiger partial charge in [0, 0.05) is 22.5 Å². The average molecular weight is 251 g/mol. The van der Waals surface area contributed by atoms with Crippen LogP contribution < -0.4 is 5.73 Å². The van der Waals surface area contributed by atoms with E-state index < -0.39 is 11.6 Å². The third kappa shape index (κ3) is 2.26. The molecule has 0 atom stereocenters. The van der Waals surface area contributed by atoms with Crippen LogP contribution in [0.15, 0.2) is 36.7 Å². The molecule has 3 nitrogen and oxygen atoms in total. The highest BCUT2D eigenvalue weighted by Gasteiger charge is 2.16. The minimum Gasteiger partial charge on any atom is -0.398 e. The molecule has 5 heteroatoms. The minimum absolute atomic E-state index is 0.0611. The Balaban J connectivity index is 2.48. The molecule has 0 spiro atoms. The van der Waals surface area contributed by atoms with E-state index in [0.717, 1.165) is 6.20 Å². The number of rotatable bonds is 2. The van der Waals surface area contributed by atoms with Crippen LogP contribution in [0.4, 0.5) is 10.1 Å². The van der Waals surface area contributed by atoms with Crippen molar-refractivity contribution in [2.24, 2.45) is 0 Å².